The third-order valence-corrected chi connectivity index (χ3v) is 4.03. The van der Waals surface area contributed by atoms with Crippen LogP contribution in [0.2, 0.25) is 0 Å². The first kappa shape index (κ1) is 15.6. The Morgan fingerprint density at radius 1 is 1.52 bits per heavy atom. The van der Waals surface area contributed by atoms with Crippen molar-refractivity contribution in [3.8, 4) is 0 Å². The number of halogens is 1. The van der Waals surface area contributed by atoms with Gasteiger partial charge in [0, 0.05) is 12.6 Å². The summed E-state index contributed by atoms with van der Waals surface area (Å²) in [6, 6.07) is 3.17. The zero-order valence-electron chi connectivity index (χ0n) is 12.0. The van der Waals surface area contributed by atoms with Gasteiger partial charge in [-0.25, -0.2) is 9.37 Å². The van der Waals surface area contributed by atoms with Crippen molar-refractivity contribution in [1.29, 1.82) is 0 Å². The van der Waals surface area contributed by atoms with Crippen molar-refractivity contribution < 1.29 is 14.3 Å². The predicted octanol–water partition coefficient (Wildman–Crippen LogP) is 3.63. The zero-order chi connectivity index (χ0) is 15.4. The lowest BCUT2D eigenvalue weighted by Gasteiger charge is -2.07. The first-order valence-corrected chi connectivity index (χ1v) is 7.63. The average molecular weight is 308 g/mol. The van der Waals surface area contributed by atoms with Crippen LogP contribution in [0.25, 0.3) is 11.0 Å². The van der Waals surface area contributed by atoms with Gasteiger partial charge in [0.2, 0.25) is 0 Å². The molecule has 0 saturated heterocycles. The Hall–Kier alpha value is -1.82. The van der Waals surface area contributed by atoms with E-state index in [1.54, 1.807) is 13.0 Å². The molecule has 112 valence electrons. The molecule has 0 amide bonds. The molecule has 0 atom stereocenters. The van der Waals surface area contributed by atoms with Gasteiger partial charge in [0.25, 0.3) is 0 Å². The van der Waals surface area contributed by atoms with Gasteiger partial charge in [0.15, 0.2) is 5.16 Å². The van der Waals surface area contributed by atoms with Gasteiger partial charge in [-0.15, -0.1) is 0 Å². The fraction of sp³-hybridized carbons (Fsp3) is 0.333. The van der Waals surface area contributed by atoms with Crippen LogP contribution in [0.1, 0.15) is 18.9 Å². The summed E-state index contributed by atoms with van der Waals surface area (Å²) in [5.41, 5.74) is 1.96. The van der Waals surface area contributed by atoms with Crippen molar-refractivity contribution >= 4 is 28.8 Å². The Kier molecular flexibility index (Phi) is 5.01. The molecular weight excluding hydrogens is 291 g/mol. The number of benzene rings is 1. The highest BCUT2D eigenvalue weighted by Gasteiger charge is 2.14. The van der Waals surface area contributed by atoms with Gasteiger partial charge in [0.05, 0.1) is 16.8 Å². The Labute approximate surface area is 126 Å². The lowest BCUT2D eigenvalue weighted by Crippen LogP contribution is -2.03. The van der Waals surface area contributed by atoms with Gasteiger partial charge in [0.1, 0.15) is 5.82 Å². The van der Waals surface area contributed by atoms with E-state index in [1.807, 2.05) is 23.6 Å². The Balaban J connectivity index is 2.43. The summed E-state index contributed by atoms with van der Waals surface area (Å²) in [6.45, 7) is 4.35. The van der Waals surface area contributed by atoms with E-state index >= 15 is 0 Å². The molecule has 0 radical (unpaired) electrons. The number of carboxylic acid groups (broad SMARTS) is 1. The molecule has 0 spiro atoms. The van der Waals surface area contributed by atoms with E-state index in [0.29, 0.717) is 22.8 Å². The number of nitrogens with zero attached hydrogens (tertiary/aromatic N) is 2. The van der Waals surface area contributed by atoms with Gasteiger partial charge in [-0.2, -0.15) is 0 Å². The standard InChI is InChI=1S/C15H17FN2O2S/c1-3-4-5-6-18-13-7-10(2)11(16)8-12(13)17-15(18)21-9-14(19)20/h3-4,7-8H,5-6,9H2,1-2H3,(H,19,20)/b4-3+. The molecule has 2 aromatic rings. The maximum absolute atomic E-state index is 13.6. The van der Waals surface area contributed by atoms with Crippen LogP contribution in [0.4, 0.5) is 4.39 Å². The molecule has 0 unspecified atom stereocenters. The lowest BCUT2D eigenvalue weighted by atomic mass is 10.2. The molecule has 0 fully saturated rings. The second-order valence-electron chi connectivity index (χ2n) is 4.68. The summed E-state index contributed by atoms with van der Waals surface area (Å²) < 4.78 is 15.6. The molecule has 0 aliphatic rings. The van der Waals surface area contributed by atoms with Crippen LogP contribution in [-0.2, 0) is 11.3 Å². The maximum atomic E-state index is 13.6. The van der Waals surface area contributed by atoms with Crippen molar-refractivity contribution in [2.75, 3.05) is 5.75 Å². The van der Waals surface area contributed by atoms with Gasteiger partial charge in [-0.1, -0.05) is 23.9 Å². The molecular formula is C15H17FN2O2S. The number of allylic oxidation sites excluding steroid dienone is 2. The number of thioether (sulfide) groups is 1. The molecule has 1 N–H and O–H groups in total. The van der Waals surface area contributed by atoms with E-state index in [2.05, 4.69) is 4.98 Å². The van der Waals surface area contributed by atoms with E-state index in [0.717, 1.165) is 23.7 Å². The van der Waals surface area contributed by atoms with Gasteiger partial charge in [-0.3, -0.25) is 4.79 Å². The number of imidazole rings is 1. The third-order valence-electron chi connectivity index (χ3n) is 3.07. The molecule has 0 saturated carbocycles. The van der Waals surface area contributed by atoms with E-state index in [4.69, 9.17) is 5.11 Å². The van der Waals surface area contributed by atoms with E-state index in [9.17, 15) is 9.18 Å². The monoisotopic (exact) mass is 308 g/mol. The van der Waals surface area contributed by atoms with Crippen molar-refractivity contribution in [3.63, 3.8) is 0 Å². The van der Waals surface area contributed by atoms with Crippen LogP contribution >= 0.6 is 11.8 Å². The van der Waals surface area contributed by atoms with Gasteiger partial charge in [-0.05, 0) is 31.9 Å². The number of rotatable bonds is 6. The Morgan fingerprint density at radius 3 is 2.95 bits per heavy atom. The van der Waals surface area contributed by atoms with E-state index < -0.39 is 5.97 Å². The quantitative estimate of drug-likeness (QED) is 0.654. The number of hydrogen-bond acceptors (Lipinski definition) is 3. The first-order chi connectivity index (χ1) is 10.0. The van der Waals surface area contributed by atoms with Crippen LogP contribution < -0.4 is 0 Å². The molecule has 0 bridgehead atoms. The first-order valence-electron chi connectivity index (χ1n) is 6.65. The number of fused-ring (bicyclic) bond motifs is 1. The highest BCUT2D eigenvalue weighted by Crippen LogP contribution is 2.26. The Bertz CT molecular complexity index is 695. The largest absolute Gasteiger partial charge is 0.481 e. The van der Waals surface area contributed by atoms with E-state index in [-0.39, 0.29) is 11.6 Å². The van der Waals surface area contributed by atoms with Crippen molar-refractivity contribution in [1.82, 2.24) is 9.55 Å². The highest BCUT2D eigenvalue weighted by molar-refractivity contribution is 7.99. The lowest BCUT2D eigenvalue weighted by molar-refractivity contribution is -0.133. The Morgan fingerprint density at radius 2 is 2.29 bits per heavy atom. The second-order valence-corrected chi connectivity index (χ2v) is 5.62. The number of aromatic nitrogens is 2. The topological polar surface area (TPSA) is 55.1 Å². The molecule has 1 aromatic heterocycles. The summed E-state index contributed by atoms with van der Waals surface area (Å²) in [4.78, 5) is 15.1. The smallest absolute Gasteiger partial charge is 0.313 e. The molecule has 1 aromatic carbocycles. The average Bonchev–Trinajstić information content (AvgIpc) is 2.75. The van der Waals surface area contributed by atoms with Crippen molar-refractivity contribution in [2.45, 2.75) is 32.0 Å². The predicted molar refractivity (Wildman–Crippen MR) is 82.2 cm³/mol. The second kappa shape index (κ2) is 6.76. The normalized spacial score (nSPS) is 11.6. The van der Waals surface area contributed by atoms with Gasteiger partial charge < -0.3 is 9.67 Å². The molecule has 1 heterocycles. The zero-order valence-corrected chi connectivity index (χ0v) is 12.8. The SMILES string of the molecule is C/C=C/CCn1c(SCC(=O)O)nc2cc(F)c(C)cc21. The number of carboxylic acids is 1. The molecule has 4 nitrogen and oxygen atoms in total. The number of aryl methyl sites for hydroxylation is 2. The summed E-state index contributed by atoms with van der Waals surface area (Å²) in [5.74, 6) is -1.25. The fourth-order valence-electron chi connectivity index (χ4n) is 2.05. The van der Waals surface area contributed by atoms with E-state index in [1.165, 1.54) is 6.07 Å². The van der Waals surface area contributed by atoms with Crippen LogP contribution in [-0.4, -0.2) is 26.4 Å². The van der Waals surface area contributed by atoms with Crippen LogP contribution in [0, 0.1) is 12.7 Å². The molecule has 21 heavy (non-hydrogen) atoms. The molecule has 0 aliphatic heterocycles. The minimum absolute atomic E-state index is 0.0611. The van der Waals surface area contributed by atoms with Crippen LogP contribution in [0.15, 0.2) is 29.4 Å². The highest BCUT2D eigenvalue weighted by atomic mass is 32.2. The van der Waals surface area contributed by atoms with Crippen LogP contribution in [0.3, 0.4) is 0 Å². The van der Waals surface area contributed by atoms with Crippen molar-refractivity contribution in [2.24, 2.45) is 0 Å². The van der Waals surface area contributed by atoms with Gasteiger partial charge >= 0.3 is 5.97 Å². The molecule has 2 rings (SSSR count). The van der Waals surface area contributed by atoms with Crippen molar-refractivity contribution in [3.05, 3.63) is 35.7 Å². The molecule has 0 aliphatic carbocycles. The summed E-state index contributed by atoms with van der Waals surface area (Å²) >= 11 is 1.16. The third kappa shape index (κ3) is 3.64. The minimum Gasteiger partial charge on any atom is -0.481 e. The number of carbonyl (C=O) groups is 1. The summed E-state index contributed by atoms with van der Waals surface area (Å²) in [6.07, 6.45) is 4.82. The fourth-order valence-corrected chi connectivity index (χ4v) is 2.81. The summed E-state index contributed by atoms with van der Waals surface area (Å²) in [7, 11) is 0. The number of hydrogen-bond donors (Lipinski definition) is 1. The summed E-state index contributed by atoms with van der Waals surface area (Å²) in [5, 5.41) is 9.43. The van der Waals surface area contributed by atoms with Crippen LogP contribution in [0.5, 0.6) is 0 Å². The maximum Gasteiger partial charge on any atom is 0.313 e. The number of aliphatic carboxylic acids is 1. The minimum atomic E-state index is -0.894. The molecule has 6 heteroatoms.